The van der Waals surface area contributed by atoms with Gasteiger partial charge < -0.3 is 15.4 Å². The number of carboxylic acids is 1. The summed E-state index contributed by atoms with van der Waals surface area (Å²) in [4.78, 5) is 13.2. The standard InChI is InChI=1S/C3H3N3O3/c4-3-5-1(2(7)8)9-6-3/h(H2,4,6)(H,7,8). The molecule has 0 amide bonds. The molecule has 6 nitrogen and oxygen atoms in total. The van der Waals surface area contributed by atoms with Crippen molar-refractivity contribution in [1.29, 1.82) is 0 Å². The molecular weight excluding hydrogens is 126 g/mol. The number of aromatic nitrogens is 2. The molecule has 0 aliphatic rings. The van der Waals surface area contributed by atoms with E-state index in [1.807, 2.05) is 0 Å². The van der Waals surface area contributed by atoms with Crippen LogP contribution in [0.2, 0.25) is 0 Å². The van der Waals surface area contributed by atoms with Crippen molar-refractivity contribution in [3.8, 4) is 0 Å². The van der Waals surface area contributed by atoms with Crippen molar-refractivity contribution in [3.05, 3.63) is 5.89 Å². The molecule has 0 aromatic carbocycles. The van der Waals surface area contributed by atoms with Gasteiger partial charge in [0.1, 0.15) is 0 Å². The lowest BCUT2D eigenvalue weighted by molar-refractivity contribution is 0.0643. The SMILES string of the molecule is Nc1noc(C(=O)O)n1. The number of hydrogen-bond acceptors (Lipinski definition) is 5. The first-order chi connectivity index (χ1) is 4.20. The van der Waals surface area contributed by atoms with Gasteiger partial charge in [-0.05, 0) is 5.16 Å². The predicted molar refractivity (Wildman–Crippen MR) is 25.7 cm³/mol. The van der Waals surface area contributed by atoms with E-state index in [1.165, 1.54) is 0 Å². The molecule has 0 unspecified atom stereocenters. The van der Waals surface area contributed by atoms with E-state index in [0.717, 1.165) is 0 Å². The van der Waals surface area contributed by atoms with E-state index in [9.17, 15) is 4.79 Å². The highest BCUT2D eigenvalue weighted by molar-refractivity contribution is 5.82. The maximum absolute atomic E-state index is 9.96. The smallest absolute Gasteiger partial charge is 0.394 e. The van der Waals surface area contributed by atoms with Crippen LogP contribution in [0.15, 0.2) is 4.52 Å². The zero-order valence-corrected chi connectivity index (χ0v) is 4.24. The Balaban J connectivity index is 2.98. The van der Waals surface area contributed by atoms with Gasteiger partial charge in [-0.15, -0.1) is 0 Å². The highest BCUT2D eigenvalue weighted by Crippen LogP contribution is 1.95. The second kappa shape index (κ2) is 1.73. The molecule has 0 radical (unpaired) electrons. The zero-order chi connectivity index (χ0) is 6.85. The fourth-order valence-corrected chi connectivity index (χ4v) is 0.322. The van der Waals surface area contributed by atoms with Gasteiger partial charge in [-0.1, -0.05) is 0 Å². The van der Waals surface area contributed by atoms with Crippen molar-refractivity contribution in [2.45, 2.75) is 0 Å². The highest BCUT2D eigenvalue weighted by atomic mass is 16.5. The number of nitrogens with two attached hydrogens (primary N) is 1. The first-order valence-corrected chi connectivity index (χ1v) is 2.02. The van der Waals surface area contributed by atoms with E-state index >= 15 is 0 Å². The number of nitrogens with zero attached hydrogens (tertiary/aromatic N) is 2. The van der Waals surface area contributed by atoms with Crippen LogP contribution in [-0.4, -0.2) is 21.2 Å². The minimum atomic E-state index is -1.28. The van der Waals surface area contributed by atoms with Crippen molar-refractivity contribution < 1.29 is 14.4 Å². The Morgan fingerprint density at radius 3 is 2.67 bits per heavy atom. The molecule has 0 spiro atoms. The Hall–Kier alpha value is -1.59. The van der Waals surface area contributed by atoms with Gasteiger partial charge in [0, 0.05) is 0 Å². The summed E-state index contributed by atoms with van der Waals surface area (Å²) >= 11 is 0. The topological polar surface area (TPSA) is 102 Å². The molecule has 9 heavy (non-hydrogen) atoms. The van der Waals surface area contributed by atoms with Gasteiger partial charge in [-0.3, -0.25) is 0 Å². The van der Waals surface area contributed by atoms with Gasteiger partial charge in [0.05, 0.1) is 0 Å². The molecule has 0 aliphatic heterocycles. The van der Waals surface area contributed by atoms with Crippen LogP contribution in [0.3, 0.4) is 0 Å². The van der Waals surface area contributed by atoms with E-state index in [1.54, 1.807) is 0 Å². The summed E-state index contributed by atoms with van der Waals surface area (Å²) in [6.45, 7) is 0. The van der Waals surface area contributed by atoms with Crippen molar-refractivity contribution in [1.82, 2.24) is 10.1 Å². The Kier molecular flexibility index (Phi) is 1.07. The Labute approximate surface area is 49.3 Å². The fourth-order valence-electron chi connectivity index (χ4n) is 0.322. The average molecular weight is 129 g/mol. The van der Waals surface area contributed by atoms with Crippen LogP contribution in [0.4, 0.5) is 5.95 Å². The van der Waals surface area contributed by atoms with Gasteiger partial charge >= 0.3 is 11.9 Å². The van der Waals surface area contributed by atoms with Gasteiger partial charge in [-0.25, -0.2) is 4.79 Å². The first-order valence-electron chi connectivity index (χ1n) is 2.02. The Morgan fingerprint density at radius 2 is 2.44 bits per heavy atom. The highest BCUT2D eigenvalue weighted by Gasteiger charge is 2.10. The Bertz CT molecular complexity index is 230. The van der Waals surface area contributed by atoms with Crippen LogP contribution in [-0.2, 0) is 0 Å². The van der Waals surface area contributed by atoms with Gasteiger partial charge in [0.25, 0.3) is 5.95 Å². The largest absolute Gasteiger partial charge is 0.474 e. The summed E-state index contributed by atoms with van der Waals surface area (Å²) < 4.78 is 4.14. The molecule has 0 bridgehead atoms. The van der Waals surface area contributed by atoms with Crippen LogP contribution in [0, 0.1) is 0 Å². The molecule has 0 atom stereocenters. The number of rotatable bonds is 1. The molecule has 0 saturated carbocycles. The van der Waals surface area contributed by atoms with Crippen LogP contribution >= 0.6 is 0 Å². The van der Waals surface area contributed by atoms with Gasteiger partial charge in [-0.2, -0.15) is 4.98 Å². The molecule has 0 fully saturated rings. The third-order valence-corrected chi connectivity index (χ3v) is 0.625. The fraction of sp³-hybridized carbons (Fsp3) is 0. The second-order valence-corrected chi connectivity index (χ2v) is 1.26. The van der Waals surface area contributed by atoms with E-state index in [-0.39, 0.29) is 5.95 Å². The number of aromatic carboxylic acids is 1. The monoisotopic (exact) mass is 129 g/mol. The third kappa shape index (κ3) is 0.958. The van der Waals surface area contributed by atoms with Gasteiger partial charge in [0.15, 0.2) is 0 Å². The van der Waals surface area contributed by atoms with Crippen molar-refractivity contribution in [3.63, 3.8) is 0 Å². The minimum absolute atomic E-state index is 0.174. The average Bonchev–Trinajstić information content (AvgIpc) is 2.14. The molecule has 1 aromatic rings. The quantitative estimate of drug-likeness (QED) is 0.522. The molecule has 48 valence electrons. The van der Waals surface area contributed by atoms with Crippen molar-refractivity contribution in [2.24, 2.45) is 0 Å². The summed E-state index contributed by atoms with van der Waals surface area (Å²) in [6, 6.07) is 0. The number of carbonyl (C=O) groups is 1. The molecule has 1 heterocycles. The summed E-state index contributed by atoms with van der Waals surface area (Å²) in [5.74, 6) is -1.95. The maximum Gasteiger partial charge on any atom is 0.394 e. The normalized spacial score (nSPS) is 9.33. The summed E-state index contributed by atoms with van der Waals surface area (Å²) in [5, 5.41) is 11.2. The molecule has 0 aliphatic carbocycles. The van der Waals surface area contributed by atoms with E-state index in [4.69, 9.17) is 10.8 Å². The number of hydrogen-bond donors (Lipinski definition) is 2. The lowest BCUT2D eigenvalue weighted by Gasteiger charge is -1.75. The maximum atomic E-state index is 9.96. The first kappa shape index (κ1) is 5.54. The van der Waals surface area contributed by atoms with Crippen molar-refractivity contribution >= 4 is 11.9 Å². The zero-order valence-electron chi connectivity index (χ0n) is 4.24. The van der Waals surface area contributed by atoms with Crippen LogP contribution < -0.4 is 5.73 Å². The molecular formula is C3H3N3O3. The number of nitrogen functional groups attached to an aromatic ring is 1. The molecule has 0 saturated heterocycles. The number of anilines is 1. The van der Waals surface area contributed by atoms with E-state index < -0.39 is 11.9 Å². The molecule has 1 aromatic heterocycles. The summed E-state index contributed by atoms with van der Waals surface area (Å²) in [7, 11) is 0. The molecule has 6 heteroatoms. The number of carboxylic acid groups (broad SMARTS) is 1. The van der Waals surface area contributed by atoms with E-state index in [2.05, 4.69) is 14.7 Å². The molecule has 1 rings (SSSR count). The van der Waals surface area contributed by atoms with Crippen LogP contribution in [0.25, 0.3) is 0 Å². The van der Waals surface area contributed by atoms with E-state index in [0.29, 0.717) is 0 Å². The second-order valence-electron chi connectivity index (χ2n) is 1.26. The minimum Gasteiger partial charge on any atom is -0.474 e. The summed E-state index contributed by atoms with van der Waals surface area (Å²) in [5.41, 5.74) is 4.94. The predicted octanol–water partition coefficient (Wildman–Crippen LogP) is -0.650. The molecule has 3 N–H and O–H groups in total. The Morgan fingerprint density at radius 1 is 1.78 bits per heavy atom. The van der Waals surface area contributed by atoms with Crippen LogP contribution in [0.5, 0.6) is 0 Å². The van der Waals surface area contributed by atoms with Gasteiger partial charge in [0.2, 0.25) is 0 Å². The van der Waals surface area contributed by atoms with Crippen LogP contribution in [0.1, 0.15) is 10.7 Å². The van der Waals surface area contributed by atoms with Crippen molar-refractivity contribution in [2.75, 3.05) is 5.73 Å². The third-order valence-electron chi connectivity index (χ3n) is 0.625. The lowest BCUT2D eigenvalue weighted by Crippen LogP contribution is -1.96. The summed E-state index contributed by atoms with van der Waals surface area (Å²) in [6.07, 6.45) is 0. The lowest BCUT2D eigenvalue weighted by atomic mass is 10.7.